The van der Waals surface area contributed by atoms with E-state index < -0.39 is 0 Å². The van der Waals surface area contributed by atoms with Gasteiger partial charge in [-0.1, -0.05) is 13.3 Å². The Morgan fingerprint density at radius 3 is 2.67 bits per heavy atom. The molecule has 4 nitrogen and oxygen atoms in total. The molecule has 5 heteroatoms. The second-order valence-electron chi connectivity index (χ2n) is 7.14. The third-order valence-electron chi connectivity index (χ3n) is 5.53. The molecule has 0 amide bonds. The van der Waals surface area contributed by atoms with E-state index in [0.717, 1.165) is 45.4 Å². The molecule has 3 unspecified atom stereocenters. The van der Waals surface area contributed by atoms with Gasteiger partial charge in [0.05, 0.1) is 13.2 Å². The van der Waals surface area contributed by atoms with Crippen LogP contribution in [0.3, 0.4) is 0 Å². The smallest absolute Gasteiger partial charge is 0.0623 e. The van der Waals surface area contributed by atoms with Crippen LogP contribution in [0.1, 0.15) is 39.0 Å². The summed E-state index contributed by atoms with van der Waals surface area (Å²) >= 11 is 0. The fourth-order valence-electron chi connectivity index (χ4n) is 4.00. The second kappa shape index (κ2) is 8.11. The fraction of sp³-hybridized carbons (Fsp3) is 1.00. The highest BCUT2D eigenvalue weighted by Gasteiger charge is 2.36. The normalized spacial score (nSPS) is 36.1. The lowest BCUT2D eigenvalue weighted by Gasteiger charge is -2.37. The van der Waals surface area contributed by atoms with Gasteiger partial charge >= 0.3 is 0 Å². The van der Waals surface area contributed by atoms with Gasteiger partial charge in [-0.05, 0) is 37.0 Å². The maximum absolute atomic E-state index is 5.65. The van der Waals surface area contributed by atoms with Crippen LogP contribution < -0.4 is 10.6 Å². The van der Waals surface area contributed by atoms with Crippen LogP contribution in [0, 0.1) is 11.3 Å². The van der Waals surface area contributed by atoms with Crippen LogP contribution in [-0.4, -0.2) is 51.6 Å². The molecule has 0 aromatic rings. The summed E-state index contributed by atoms with van der Waals surface area (Å²) in [5, 5.41) is 7.54. The Bertz CT molecular complexity index is 305. The summed E-state index contributed by atoms with van der Waals surface area (Å²) in [5.74, 6) is 0.749. The summed E-state index contributed by atoms with van der Waals surface area (Å²) in [4.78, 5) is 0. The first-order valence-electron chi connectivity index (χ1n) is 8.39. The molecular formula is C16H31ClN2O2. The molecule has 1 aliphatic carbocycles. The Hall–Kier alpha value is 0.130. The van der Waals surface area contributed by atoms with Crippen molar-refractivity contribution in [3.05, 3.63) is 0 Å². The predicted octanol–water partition coefficient (Wildman–Crippen LogP) is 1.97. The zero-order valence-electron chi connectivity index (χ0n) is 13.2. The van der Waals surface area contributed by atoms with E-state index in [1.54, 1.807) is 0 Å². The number of nitrogens with one attached hydrogen (secondary N) is 2. The van der Waals surface area contributed by atoms with Crippen molar-refractivity contribution in [2.75, 3.05) is 39.5 Å². The van der Waals surface area contributed by atoms with Crippen LogP contribution in [0.25, 0.3) is 0 Å². The highest BCUT2D eigenvalue weighted by molar-refractivity contribution is 5.85. The standard InChI is InChI=1S/C16H30N2O2.ClH/c1-16(5-8-19-9-6-16)12-18-14-4-2-3-13(14)15-11-20-10-7-17-15;/h13-15,17-18H,2-12H2,1H3;1H. The molecule has 2 heterocycles. The summed E-state index contributed by atoms with van der Waals surface area (Å²) in [7, 11) is 0. The molecule has 3 atom stereocenters. The van der Waals surface area contributed by atoms with Gasteiger partial charge in [0.15, 0.2) is 0 Å². The number of rotatable bonds is 4. The number of hydrogen-bond donors (Lipinski definition) is 2. The Morgan fingerprint density at radius 1 is 1.14 bits per heavy atom. The molecule has 124 valence electrons. The lowest BCUT2D eigenvalue weighted by Crippen LogP contribution is -2.52. The van der Waals surface area contributed by atoms with Gasteiger partial charge in [-0.15, -0.1) is 12.4 Å². The molecule has 2 N–H and O–H groups in total. The van der Waals surface area contributed by atoms with Gasteiger partial charge in [-0.3, -0.25) is 0 Å². The molecule has 0 spiro atoms. The quantitative estimate of drug-likeness (QED) is 0.832. The number of ether oxygens (including phenoxy) is 2. The average molecular weight is 319 g/mol. The van der Waals surface area contributed by atoms with E-state index in [0.29, 0.717) is 17.5 Å². The van der Waals surface area contributed by atoms with Gasteiger partial charge in [0.1, 0.15) is 0 Å². The van der Waals surface area contributed by atoms with Gasteiger partial charge in [-0.25, -0.2) is 0 Å². The van der Waals surface area contributed by atoms with E-state index >= 15 is 0 Å². The van der Waals surface area contributed by atoms with Crippen molar-refractivity contribution in [2.24, 2.45) is 11.3 Å². The summed E-state index contributed by atoms with van der Waals surface area (Å²) in [6, 6.07) is 1.24. The second-order valence-corrected chi connectivity index (χ2v) is 7.14. The Labute approximate surface area is 135 Å². The summed E-state index contributed by atoms with van der Waals surface area (Å²) in [6.07, 6.45) is 6.43. The summed E-state index contributed by atoms with van der Waals surface area (Å²) in [5.41, 5.74) is 0.432. The van der Waals surface area contributed by atoms with Crippen LogP contribution in [0.15, 0.2) is 0 Å². The first-order chi connectivity index (χ1) is 9.77. The minimum atomic E-state index is 0. The number of morpholine rings is 1. The summed E-state index contributed by atoms with van der Waals surface area (Å²) in [6.45, 7) is 8.21. The van der Waals surface area contributed by atoms with Gasteiger partial charge < -0.3 is 20.1 Å². The molecule has 0 bridgehead atoms. The maximum atomic E-state index is 5.65. The van der Waals surface area contributed by atoms with E-state index in [4.69, 9.17) is 9.47 Å². The van der Waals surface area contributed by atoms with E-state index in [2.05, 4.69) is 17.6 Å². The zero-order valence-corrected chi connectivity index (χ0v) is 14.1. The first kappa shape index (κ1) is 17.5. The zero-order chi connectivity index (χ0) is 13.8. The Balaban J connectivity index is 0.00000161. The molecule has 3 rings (SSSR count). The molecule has 21 heavy (non-hydrogen) atoms. The topological polar surface area (TPSA) is 42.5 Å². The highest BCUT2D eigenvalue weighted by Crippen LogP contribution is 2.32. The fourth-order valence-corrected chi connectivity index (χ4v) is 4.00. The van der Waals surface area contributed by atoms with Crippen LogP contribution in [-0.2, 0) is 9.47 Å². The van der Waals surface area contributed by atoms with Crippen LogP contribution >= 0.6 is 12.4 Å². The predicted molar refractivity (Wildman–Crippen MR) is 87.1 cm³/mol. The minimum absolute atomic E-state index is 0. The molecule has 2 saturated heterocycles. The van der Waals surface area contributed by atoms with Crippen molar-refractivity contribution in [1.29, 1.82) is 0 Å². The van der Waals surface area contributed by atoms with Gasteiger partial charge in [-0.2, -0.15) is 0 Å². The van der Waals surface area contributed by atoms with Gasteiger partial charge in [0.25, 0.3) is 0 Å². The first-order valence-corrected chi connectivity index (χ1v) is 8.39. The molecule has 3 fully saturated rings. The van der Waals surface area contributed by atoms with Crippen molar-refractivity contribution < 1.29 is 9.47 Å². The third-order valence-corrected chi connectivity index (χ3v) is 5.53. The average Bonchev–Trinajstić information content (AvgIpc) is 2.95. The van der Waals surface area contributed by atoms with Gasteiger partial charge in [0.2, 0.25) is 0 Å². The Kier molecular flexibility index (Phi) is 6.76. The van der Waals surface area contributed by atoms with Crippen molar-refractivity contribution in [1.82, 2.24) is 10.6 Å². The van der Waals surface area contributed by atoms with Crippen LogP contribution in [0.2, 0.25) is 0 Å². The maximum Gasteiger partial charge on any atom is 0.0623 e. The van der Waals surface area contributed by atoms with E-state index in [1.807, 2.05) is 0 Å². The van der Waals surface area contributed by atoms with Crippen molar-refractivity contribution >= 4 is 12.4 Å². The van der Waals surface area contributed by atoms with Crippen LogP contribution in [0.4, 0.5) is 0 Å². The molecule has 0 radical (unpaired) electrons. The van der Waals surface area contributed by atoms with E-state index in [9.17, 15) is 0 Å². The molecule has 0 aromatic carbocycles. The SMILES string of the molecule is CC1(CNC2CCCC2C2COCCN2)CCOCC1.Cl. The van der Waals surface area contributed by atoms with Gasteiger partial charge in [0, 0.05) is 38.4 Å². The van der Waals surface area contributed by atoms with E-state index in [-0.39, 0.29) is 12.4 Å². The Morgan fingerprint density at radius 2 is 1.95 bits per heavy atom. The molecule has 2 aliphatic heterocycles. The monoisotopic (exact) mass is 318 g/mol. The highest BCUT2D eigenvalue weighted by atomic mass is 35.5. The molecule has 1 saturated carbocycles. The lowest BCUT2D eigenvalue weighted by molar-refractivity contribution is 0.0199. The largest absolute Gasteiger partial charge is 0.381 e. The van der Waals surface area contributed by atoms with E-state index in [1.165, 1.54) is 32.1 Å². The molecular weight excluding hydrogens is 288 g/mol. The molecule has 3 aliphatic rings. The number of halogens is 1. The van der Waals surface area contributed by atoms with Crippen LogP contribution in [0.5, 0.6) is 0 Å². The van der Waals surface area contributed by atoms with Crippen molar-refractivity contribution in [3.8, 4) is 0 Å². The minimum Gasteiger partial charge on any atom is -0.381 e. The molecule has 0 aromatic heterocycles. The number of hydrogen-bond acceptors (Lipinski definition) is 4. The summed E-state index contributed by atoms with van der Waals surface area (Å²) < 4.78 is 11.1. The lowest BCUT2D eigenvalue weighted by atomic mass is 9.82. The third kappa shape index (κ3) is 4.55. The van der Waals surface area contributed by atoms with Crippen molar-refractivity contribution in [3.63, 3.8) is 0 Å². The van der Waals surface area contributed by atoms with Crippen molar-refractivity contribution in [2.45, 2.75) is 51.1 Å².